The zero-order valence-corrected chi connectivity index (χ0v) is 11.3. The number of nitrogens with zero attached hydrogens (tertiary/aromatic N) is 3. The van der Waals surface area contributed by atoms with Crippen LogP contribution >= 0.6 is 0 Å². The van der Waals surface area contributed by atoms with E-state index in [1.54, 1.807) is 6.33 Å². The highest BCUT2D eigenvalue weighted by atomic mass is 16.3. The van der Waals surface area contributed by atoms with Gasteiger partial charge >= 0.3 is 0 Å². The highest BCUT2D eigenvalue weighted by Crippen LogP contribution is 2.15. The first kappa shape index (κ1) is 14.1. The predicted molar refractivity (Wildman–Crippen MR) is 67.7 cm³/mol. The lowest BCUT2D eigenvalue weighted by atomic mass is 9.97. The van der Waals surface area contributed by atoms with E-state index in [-0.39, 0.29) is 0 Å². The summed E-state index contributed by atoms with van der Waals surface area (Å²) in [5.74, 6) is 1.39. The average molecular weight is 240 g/mol. The highest BCUT2D eigenvalue weighted by molar-refractivity contribution is 4.93. The Labute approximate surface area is 103 Å². The van der Waals surface area contributed by atoms with E-state index in [2.05, 4.69) is 29.2 Å². The molecule has 0 spiro atoms. The summed E-state index contributed by atoms with van der Waals surface area (Å²) < 4.78 is 1.89. The van der Waals surface area contributed by atoms with Gasteiger partial charge in [-0.1, -0.05) is 13.8 Å². The van der Waals surface area contributed by atoms with Crippen LogP contribution in [0.4, 0.5) is 0 Å². The van der Waals surface area contributed by atoms with E-state index in [1.165, 1.54) is 0 Å². The van der Waals surface area contributed by atoms with Gasteiger partial charge in [0.1, 0.15) is 12.2 Å². The summed E-state index contributed by atoms with van der Waals surface area (Å²) in [7, 11) is 1.89. The molecule has 17 heavy (non-hydrogen) atoms. The van der Waals surface area contributed by atoms with Crippen molar-refractivity contribution in [2.75, 3.05) is 13.6 Å². The van der Waals surface area contributed by atoms with Crippen molar-refractivity contribution in [1.82, 2.24) is 20.1 Å². The maximum atomic E-state index is 10.3. The van der Waals surface area contributed by atoms with E-state index in [0.29, 0.717) is 18.8 Å². The lowest BCUT2D eigenvalue weighted by Crippen LogP contribution is -2.32. The van der Waals surface area contributed by atoms with Gasteiger partial charge in [0.25, 0.3) is 0 Å². The second-order valence-electron chi connectivity index (χ2n) is 5.28. The third kappa shape index (κ3) is 4.83. The summed E-state index contributed by atoms with van der Waals surface area (Å²) >= 11 is 0. The number of nitrogens with one attached hydrogen (secondary N) is 1. The van der Waals surface area contributed by atoms with Gasteiger partial charge in [-0.25, -0.2) is 9.67 Å². The van der Waals surface area contributed by atoms with Crippen molar-refractivity contribution in [2.45, 2.75) is 45.8 Å². The Hall–Kier alpha value is -0.940. The van der Waals surface area contributed by atoms with E-state index in [1.807, 2.05) is 18.7 Å². The first-order valence-corrected chi connectivity index (χ1v) is 6.18. The molecule has 0 fully saturated rings. The molecular weight excluding hydrogens is 216 g/mol. The Morgan fingerprint density at radius 3 is 2.82 bits per heavy atom. The van der Waals surface area contributed by atoms with Gasteiger partial charge in [0.05, 0.1) is 5.60 Å². The van der Waals surface area contributed by atoms with Crippen molar-refractivity contribution in [1.29, 1.82) is 0 Å². The zero-order chi connectivity index (χ0) is 12.9. The average Bonchev–Trinajstić information content (AvgIpc) is 2.61. The summed E-state index contributed by atoms with van der Waals surface area (Å²) in [5, 5.41) is 17.5. The molecule has 1 unspecified atom stereocenters. The summed E-state index contributed by atoms with van der Waals surface area (Å²) in [6.07, 6.45) is 2.81. The molecule has 1 aromatic rings. The molecule has 0 aliphatic rings. The topological polar surface area (TPSA) is 63.0 Å². The van der Waals surface area contributed by atoms with Gasteiger partial charge in [0.2, 0.25) is 0 Å². The van der Waals surface area contributed by atoms with Crippen molar-refractivity contribution < 1.29 is 5.11 Å². The molecule has 1 rings (SSSR count). The van der Waals surface area contributed by atoms with Crippen LogP contribution in [0.25, 0.3) is 0 Å². The van der Waals surface area contributed by atoms with E-state index in [4.69, 9.17) is 0 Å². The third-order valence-corrected chi connectivity index (χ3v) is 2.69. The standard InChI is InChI=1S/C12H24N4O/c1-10(2)8-16-11(14-9-15-16)7-12(3,17)5-6-13-4/h9-10,13,17H,5-8H2,1-4H3. The van der Waals surface area contributed by atoms with Crippen LogP contribution in [-0.2, 0) is 13.0 Å². The number of rotatable bonds is 7. The second kappa shape index (κ2) is 6.12. The van der Waals surface area contributed by atoms with Gasteiger partial charge in [-0.15, -0.1) is 0 Å². The van der Waals surface area contributed by atoms with Gasteiger partial charge in [-0.3, -0.25) is 0 Å². The fourth-order valence-corrected chi connectivity index (χ4v) is 1.75. The van der Waals surface area contributed by atoms with E-state index in [9.17, 15) is 5.11 Å². The van der Waals surface area contributed by atoms with Crippen LogP contribution in [0.3, 0.4) is 0 Å². The molecule has 5 nitrogen and oxygen atoms in total. The lowest BCUT2D eigenvalue weighted by molar-refractivity contribution is 0.0487. The monoisotopic (exact) mass is 240 g/mol. The molecule has 98 valence electrons. The molecule has 1 aromatic heterocycles. The third-order valence-electron chi connectivity index (χ3n) is 2.69. The summed E-state index contributed by atoms with van der Waals surface area (Å²) in [5.41, 5.74) is -0.731. The Morgan fingerprint density at radius 2 is 2.24 bits per heavy atom. The Morgan fingerprint density at radius 1 is 1.53 bits per heavy atom. The fraction of sp³-hybridized carbons (Fsp3) is 0.833. The maximum absolute atomic E-state index is 10.3. The largest absolute Gasteiger partial charge is 0.390 e. The van der Waals surface area contributed by atoms with Gasteiger partial charge in [-0.2, -0.15) is 5.10 Å². The minimum Gasteiger partial charge on any atom is -0.390 e. The summed E-state index contributed by atoms with van der Waals surface area (Å²) in [4.78, 5) is 4.23. The smallest absolute Gasteiger partial charge is 0.138 e. The Bertz CT molecular complexity index is 333. The minimum absolute atomic E-state index is 0.526. The Balaban J connectivity index is 2.64. The van der Waals surface area contributed by atoms with Gasteiger partial charge < -0.3 is 10.4 Å². The molecule has 1 heterocycles. The second-order valence-corrected chi connectivity index (χ2v) is 5.28. The SMILES string of the molecule is CNCCC(C)(O)Cc1ncnn1CC(C)C. The maximum Gasteiger partial charge on any atom is 0.138 e. The minimum atomic E-state index is -0.731. The molecule has 0 radical (unpaired) electrons. The van der Waals surface area contributed by atoms with Crippen LogP contribution in [-0.4, -0.2) is 39.1 Å². The molecular formula is C12H24N4O. The summed E-state index contributed by atoms with van der Waals surface area (Å²) in [6.45, 7) is 7.77. The quantitative estimate of drug-likeness (QED) is 0.741. The molecule has 2 N–H and O–H groups in total. The molecule has 0 aliphatic carbocycles. The molecule has 0 saturated heterocycles. The van der Waals surface area contributed by atoms with E-state index >= 15 is 0 Å². The predicted octanol–water partition coefficient (Wildman–Crippen LogP) is 0.837. The van der Waals surface area contributed by atoms with E-state index in [0.717, 1.165) is 18.9 Å². The first-order chi connectivity index (χ1) is 7.94. The van der Waals surface area contributed by atoms with Crippen molar-refractivity contribution in [3.63, 3.8) is 0 Å². The van der Waals surface area contributed by atoms with Crippen LogP contribution in [0.1, 0.15) is 33.0 Å². The molecule has 0 bridgehead atoms. The van der Waals surface area contributed by atoms with Gasteiger partial charge in [0, 0.05) is 13.0 Å². The fourth-order valence-electron chi connectivity index (χ4n) is 1.75. The molecule has 0 saturated carbocycles. The van der Waals surface area contributed by atoms with Crippen molar-refractivity contribution in [3.8, 4) is 0 Å². The van der Waals surface area contributed by atoms with Crippen LogP contribution in [0.15, 0.2) is 6.33 Å². The van der Waals surface area contributed by atoms with Crippen molar-refractivity contribution in [3.05, 3.63) is 12.2 Å². The number of hydrogen-bond acceptors (Lipinski definition) is 4. The van der Waals surface area contributed by atoms with Crippen LogP contribution < -0.4 is 5.32 Å². The highest BCUT2D eigenvalue weighted by Gasteiger charge is 2.23. The Kier molecular flexibility index (Phi) is 5.08. The number of aromatic nitrogens is 3. The summed E-state index contributed by atoms with van der Waals surface area (Å²) in [6, 6.07) is 0. The van der Waals surface area contributed by atoms with Crippen LogP contribution in [0.5, 0.6) is 0 Å². The molecule has 1 atom stereocenters. The lowest BCUT2D eigenvalue weighted by Gasteiger charge is -2.23. The number of hydrogen-bond donors (Lipinski definition) is 2. The van der Waals surface area contributed by atoms with Crippen molar-refractivity contribution in [2.24, 2.45) is 5.92 Å². The molecule has 0 aromatic carbocycles. The molecule has 5 heteroatoms. The molecule has 0 amide bonds. The zero-order valence-electron chi connectivity index (χ0n) is 11.3. The van der Waals surface area contributed by atoms with Crippen molar-refractivity contribution >= 4 is 0 Å². The van der Waals surface area contributed by atoms with E-state index < -0.39 is 5.60 Å². The number of aliphatic hydroxyl groups is 1. The van der Waals surface area contributed by atoms with Crippen LogP contribution in [0.2, 0.25) is 0 Å². The first-order valence-electron chi connectivity index (χ1n) is 6.18. The molecule has 0 aliphatic heterocycles. The normalized spacial score (nSPS) is 15.2. The van der Waals surface area contributed by atoms with Gasteiger partial charge in [0.15, 0.2) is 0 Å². The van der Waals surface area contributed by atoms with Crippen LogP contribution in [0, 0.1) is 5.92 Å². The van der Waals surface area contributed by atoms with Gasteiger partial charge in [-0.05, 0) is 32.9 Å².